The molecule has 0 bridgehead atoms. The lowest BCUT2D eigenvalue weighted by molar-refractivity contribution is 0.0702. The normalized spacial score (nSPS) is 17.3. The summed E-state index contributed by atoms with van der Waals surface area (Å²) < 4.78 is 27.4. The summed E-state index contributed by atoms with van der Waals surface area (Å²) in [5, 5.41) is 12.2. The number of carbonyl (C=O) groups is 1. The first-order valence-corrected chi connectivity index (χ1v) is 9.68. The molecule has 0 amide bonds. The van der Waals surface area contributed by atoms with Crippen molar-refractivity contribution < 1.29 is 18.3 Å². The SMILES string of the molecule is CCN(C1CCNCC1)S(=O)(=O)c1cc(C(=O)O)sc1Br. The Labute approximate surface area is 136 Å². The van der Waals surface area contributed by atoms with Gasteiger partial charge in [-0.3, -0.25) is 0 Å². The van der Waals surface area contributed by atoms with Crippen molar-refractivity contribution >= 4 is 43.3 Å². The molecular weight excluding hydrogens is 380 g/mol. The van der Waals surface area contributed by atoms with Crippen molar-refractivity contribution in [3.63, 3.8) is 0 Å². The number of hydrogen-bond acceptors (Lipinski definition) is 5. The summed E-state index contributed by atoms with van der Waals surface area (Å²) in [4.78, 5) is 11.1. The summed E-state index contributed by atoms with van der Waals surface area (Å²) in [6.45, 7) is 3.76. The monoisotopic (exact) mass is 396 g/mol. The maximum atomic E-state index is 12.8. The van der Waals surface area contributed by atoms with E-state index in [-0.39, 0.29) is 15.8 Å². The molecule has 1 aliphatic rings. The van der Waals surface area contributed by atoms with Crippen LogP contribution in [0.5, 0.6) is 0 Å². The van der Waals surface area contributed by atoms with Gasteiger partial charge < -0.3 is 10.4 Å². The first-order chi connectivity index (χ1) is 9.87. The minimum Gasteiger partial charge on any atom is -0.477 e. The van der Waals surface area contributed by atoms with Gasteiger partial charge in [0, 0.05) is 12.6 Å². The molecule has 118 valence electrons. The van der Waals surface area contributed by atoms with Gasteiger partial charge in [0.2, 0.25) is 10.0 Å². The number of sulfonamides is 1. The predicted octanol–water partition coefficient (Wildman–Crippen LogP) is 1.97. The number of nitrogens with zero attached hydrogens (tertiary/aromatic N) is 1. The minimum absolute atomic E-state index is 0.0156. The van der Waals surface area contributed by atoms with Crippen molar-refractivity contribution in [3.8, 4) is 0 Å². The van der Waals surface area contributed by atoms with Crippen LogP contribution in [0.3, 0.4) is 0 Å². The Kier molecular flexibility index (Phi) is 5.42. The molecule has 1 aromatic heterocycles. The average molecular weight is 397 g/mol. The van der Waals surface area contributed by atoms with Crippen LogP contribution in [0.25, 0.3) is 0 Å². The largest absolute Gasteiger partial charge is 0.477 e. The highest BCUT2D eigenvalue weighted by molar-refractivity contribution is 9.11. The minimum atomic E-state index is -3.69. The predicted molar refractivity (Wildman–Crippen MR) is 84.4 cm³/mol. The second-order valence-corrected chi connectivity index (χ2v) is 8.97. The molecule has 21 heavy (non-hydrogen) atoms. The van der Waals surface area contributed by atoms with E-state index in [4.69, 9.17) is 5.11 Å². The van der Waals surface area contributed by atoms with E-state index in [2.05, 4.69) is 21.2 Å². The first kappa shape index (κ1) is 16.9. The van der Waals surface area contributed by atoms with Gasteiger partial charge in [0.25, 0.3) is 0 Å². The number of carboxylic acid groups (broad SMARTS) is 1. The van der Waals surface area contributed by atoms with Crippen molar-refractivity contribution in [1.29, 1.82) is 0 Å². The molecular formula is C12H17BrN2O4S2. The topological polar surface area (TPSA) is 86.7 Å². The van der Waals surface area contributed by atoms with Gasteiger partial charge in [0.1, 0.15) is 9.77 Å². The van der Waals surface area contributed by atoms with Crippen molar-refractivity contribution in [2.45, 2.75) is 30.7 Å². The van der Waals surface area contributed by atoms with E-state index >= 15 is 0 Å². The number of thiophene rings is 1. The fourth-order valence-electron chi connectivity index (χ4n) is 2.48. The number of rotatable bonds is 5. The lowest BCUT2D eigenvalue weighted by Crippen LogP contribution is -2.45. The van der Waals surface area contributed by atoms with E-state index in [1.165, 1.54) is 10.4 Å². The Morgan fingerprint density at radius 1 is 1.52 bits per heavy atom. The highest BCUT2D eigenvalue weighted by atomic mass is 79.9. The molecule has 0 aromatic carbocycles. The van der Waals surface area contributed by atoms with E-state index in [1.54, 1.807) is 6.92 Å². The van der Waals surface area contributed by atoms with Crippen LogP contribution >= 0.6 is 27.3 Å². The van der Waals surface area contributed by atoms with E-state index in [9.17, 15) is 13.2 Å². The van der Waals surface area contributed by atoms with Gasteiger partial charge in [-0.1, -0.05) is 6.92 Å². The van der Waals surface area contributed by atoms with Gasteiger partial charge in [0.05, 0.1) is 3.79 Å². The number of piperidine rings is 1. The third-order valence-corrected chi connectivity index (χ3v) is 7.75. The lowest BCUT2D eigenvalue weighted by Gasteiger charge is -2.32. The molecule has 1 aromatic rings. The second kappa shape index (κ2) is 6.74. The summed E-state index contributed by atoms with van der Waals surface area (Å²) in [7, 11) is -3.69. The quantitative estimate of drug-likeness (QED) is 0.794. The van der Waals surface area contributed by atoms with Crippen LogP contribution in [0.1, 0.15) is 29.4 Å². The summed E-state index contributed by atoms with van der Waals surface area (Å²) in [5.41, 5.74) is 0. The molecule has 9 heteroatoms. The maximum Gasteiger partial charge on any atom is 0.345 e. The number of halogens is 1. The molecule has 1 saturated heterocycles. The molecule has 0 spiro atoms. The van der Waals surface area contributed by atoms with Crippen LogP contribution in [-0.4, -0.2) is 49.5 Å². The van der Waals surface area contributed by atoms with Crippen LogP contribution in [0.15, 0.2) is 14.7 Å². The highest BCUT2D eigenvalue weighted by Gasteiger charge is 2.34. The van der Waals surface area contributed by atoms with Gasteiger partial charge in [-0.2, -0.15) is 4.31 Å². The zero-order valence-corrected chi connectivity index (χ0v) is 14.7. The van der Waals surface area contributed by atoms with Crippen LogP contribution in [0.4, 0.5) is 0 Å². The van der Waals surface area contributed by atoms with Crippen molar-refractivity contribution in [2.24, 2.45) is 0 Å². The molecule has 0 atom stereocenters. The number of nitrogens with one attached hydrogen (secondary N) is 1. The van der Waals surface area contributed by atoms with Crippen LogP contribution in [0.2, 0.25) is 0 Å². The highest BCUT2D eigenvalue weighted by Crippen LogP contribution is 2.34. The van der Waals surface area contributed by atoms with Gasteiger partial charge in [0.15, 0.2) is 0 Å². The third kappa shape index (κ3) is 3.48. The Morgan fingerprint density at radius 3 is 2.62 bits per heavy atom. The van der Waals surface area contributed by atoms with Crippen LogP contribution in [-0.2, 0) is 10.0 Å². The van der Waals surface area contributed by atoms with Gasteiger partial charge in [-0.25, -0.2) is 13.2 Å². The van der Waals surface area contributed by atoms with Crippen molar-refractivity contribution in [2.75, 3.05) is 19.6 Å². The zero-order chi connectivity index (χ0) is 15.6. The third-order valence-electron chi connectivity index (χ3n) is 3.48. The number of aromatic carboxylic acids is 1. The summed E-state index contributed by atoms with van der Waals surface area (Å²) >= 11 is 4.10. The zero-order valence-electron chi connectivity index (χ0n) is 11.5. The van der Waals surface area contributed by atoms with Crippen LogP contribution < -0.4 is 5.32 Å². The number of hydrogen-bond donors (Lipinski definition) is 2. The Bertz CT molecular complexity index is 623. The molecule has 2 N–H and O–H groups in total. The van der Waals surface area contributed by atoms with E-state index in [0.717, 1.165) is 37.3 Å². The second-order valence-electron chi connectivity index (χ2n) is 4.74. The Balaban J connectivity index is 2.36. The molecule has 1 fully saturated rings. The van der Waals surface area contributed by atoms with E-state index in [1.807, 2.05) is 0 Å². The standard InChI is InChI=1S/C12H17BrN2O4S2/c1-2-15(8-3-5-14-6-4-8)21(18,19)10-7-9(12(16)17)20-11(10)13/h7-8,14H,2-6H2,1H3,(H,16,17). The van der Waals surface area contributed by atoms with Crippen molar-refractivity contribution in [3.05, 3.63) is 14.7 Å². The number of carboxylic acids is 1. The summed E-state index contributed by atoms with van der Waals surface area (Å²) in [6.07, 6.45) is 1.53. The molecule has 0 radical (unpaired) electrons. The maximum absolute atomic E-state index is 12.8. The first-order valence-electron chi connectivity index (χ1n) is 6.63. The van der Waals surface area contributed by atoms with Gasteiger partial charge in [-0.15, -0.1) is 11.3 Å². The molecule has 0 unspecified atom stereocenters. The average Bonchev–Trinajstić information content (AvgIpc) is 2.83. The Hall–Kier alpha value is -0.480. The van der Waals surface area contributed by atoms with Crippen LogP contribution in [0, 0.1) is 0 Å². The van der Waals surface area contributed by atoms with Crippen molar-refractivity contribution in [1.82, 2.24) is 9.62 Å². The Morgan fingerprint density at radius 2 is 2.14 bits per heavy atom. The van der Waals surface area contributed by atoms with Gasteiger partial charge in [-0.05, 0) is 47.9 Å². The molecule has 6 nitrogen and oxygen atoms in total. The van der Waals surface area contributed by atoms with E-state index in [0.29, 0.717) is 10.3 Å². The fraction of sp³-hybridized carbons (Fsp3) is 0.583. The summed E-state index contributed by atoms with van der Waals surface area (Å²) in [5.74, 6) is -1.12. The molecule has 2 rings (SSSR count). The molecule has 2 heterocycles. The smallest absolute Gasteiger partial charge is 0.345 e. The molecule has 0 aliphatic carbocycles. The lowest BCUT2D eigenvalue weighted by atomic mass is 10.1. The molecule has 0 saturated carbocycles. The molecule has 1 aliphatic heterocycles. The van der Waals surface area contributed by atoms with Gasteiger partial charge >= 0.3 is 5.97 Å². The summed E-state index contributed by atoms with van der Waals surface area (Å²) in [6, 6.07) is 1.19. The fourth-order valence-corrected chi connectivity index (χ4v) is 6.53. The van der Waals surface area contributed by atoms with E-state index < -0.39 is 16.0 Å².